The Bertz CT molecular complexity index is 963. The van der Waals surface area contributed by atoms with Crippen molar-refractivity contribution in [2.24, 2.45) is 7.05 Å². The van der Waals surface area contributed by atoms with Gasteiger partial charge in [0, 0.05) is 32.5 Å². The van der Waals surface area contributed by atoms with Crippen molar-refractivity contribution in [3.63, 3.8) is 0 Å². The molecule has 0 aromatic carbocycles. The molecular formula is C20H23N3O5. The molecule has 148 valence electrons. The Morgan fingerprint density at radius 3 is 2.71 bits per heavy atom. The number of ketones is 1. The van der Waals surface area contributed by atoms with Crippen LogP contribution in [0, 0.1) is 6.92 Å². The van der Waals surface area contributed by atoms with Gasteiger partial charge in [-0.3, -0.25) is 14.4 Å². The van der Waals surface area contributed by atoms with Crippen molar-refractivity contribution in [3.8, 4) is 5.75 Å². The van der Waals surface area contributed by atoms with Gasteiger partial charge in [-0.25, -0.2) is 4.98 Å². The smallest absolute Gasteiger partial charge is 0.269 e. The Hall–Kier alpha value is -3.26. The van der Waals surface area contributed by atoms with E-state index in [1.165, 1.54) is 23.8 Å². The summed E-state index contributed by atoms with van der Waals surface area (Å²) in [5.74, 6) is -0.628. The minimum Gasteiger partial charge on any atom is -0.496 e. The number of hydrogen-bond acceptors (Lipinski definition) is 6. The maximum Gasteiger partial charge on any atom is 0.269 e. The summed E-state index contributed by atoms with van der Waals surface area (Å²) in [5.41, 5.74) is 0.812. The molecule has 0 unspecified atom stereocenters. The maximum atomic E-state index is 12.6. The maximum absolute atomic E-state index is 12.6. The molecule has 1 amide bonds. The molecule has 2 aromatic rings. The van der Waals surface area contributed by atoms with E-state index < -0.39 is 11.3 Å². The second kappa shape index (κ2) is 9.61. The number of ether oxygens (including phenoxy) is 2. The van der Waals surface area contributed by atoms with Crippen LogP contribution < -0.4 is 15.6 Å². The molecule has 1 N–H and O–H groups in total. The Kier molecular flexibility index (Phi) is 7.22. The van der Waals surface area contributed by atoms with Gasteiger partial charge in [-0.05, 0) is 31.2 Å². The van der Waals surface area contributed by atoms with E-state index in [9.17, 15) is 14.4 Å². The van der Waals surface area contributed by atoms with Crippen LogP contribution in [0.2, 0.25) is 0 Å². The summed E-state index contributed by atoms with van der Waals surface area (Å²) in [4.78, 5) is 41.3. The van der Waals surface area contributed by atoms with Gasteiger partial charge in [0.15, 0.2) is 5.78 Å². The summed E-state index contributed by atoms with van der Waals surface area (Å²) >= 11 is 0. The minimum absolute atomic E-state index is 0.0553. The van der Waals surface area contributed by atoms with Gasteiger partial charge in [-0.1, -0.05) is 6.07 Å². The van der Waals surface area contributed by atoms with Crippen molar-refractivity contribution >= 4 is 17.8 Å². The molecule has 8 nitrogen and oxygen atoms in total. The van der Waals surface area contributed by atoms with Crippen LogP contribution >= 0.6 is 0 Å². The number of methoxy groups -OCH3 is 2. The molecule has 2 heterocycles. The van der Waals surface area contributed by atoms with E-state index in [1.807, 2.05) is 0 Å². The summed E-state index contributed by atoms with van der Waals surface area (Å²) < 4.78 is 11.4. The lowest BCUT2D eigenvalue weighted by Gasteiger charge is -2.10. The van der Waals surface area contributed by atoms with Crippen LogP contribution in [-0.4, -0.2) is 48.6 Å². The van der Waals surface area contributed by atoms with Crippen molar-refractivity contribution in [3.05, 3.63) is 63.3 Å². The van der Waals surface area contributed by atoms with Gasteiger partial charge in [0.2, 0.25) is 0 Å². The van der Waals surface area contributed by atoms with E-state index in [4.69, 9.17) is 9.47 Å². The van der Waals surface area contributed by atoms with E-state index in [0.717, 1.165) is 0 Å². The lowest BCUT2D eigenvalue weighted by atomic mass is 10.1. The van der Waals surface area contributed by atoms with Gasteiger partial charge in [0.05, 0.1) is 19.4 Å². The summed E-state index contributed by atoms with van der Waals surface area (Å²) in [5, 5.41) is 2.67. The summed E-state index contributed by atoms with van der Waals surface area (Å²) in [6, 6.07) is 6.51. The lowest BCUT2D eigenvalue weighted by Crippen LogP contribution is -2.27. The molecule has 0 fully saturated rings. The standard InChI is InChI=1S/C20H23N3O5/c1-13-12-17(28-4)18(20(26)23(13)2)16(24)9-8-14-6-5-7-15(22-14)19(25)21-10-11-27-3/h5-9,12H,10-11H2,1-4H3,(H,21,25). The minimum atomic E-state index is -0.505. The topological polar surface area (TPSA) is 99.5 Å². The fraction of sp³-hybridized carbons (Fsp3) is 0.300. The molecule has 0 saturated carbocycles. The zero-order valence-corrected chi connectivity index (χ0v) is 16.3. The summed E-state index contributed by atoms with van der Waals surface area (Å²) in [6.07, 6.45) is 2.69. The van der Waals surface area contributed by atoms with Crippen LogP contribution in [0.5, 0.6) is 5.75 Å². The van der Waals surface area contributed by atoms with Crippen molar-refractivity contribution in [1.29, 1.82) is 0 Å². The number of amides is 1. The van der Waals surface area contributed by atoms with Gasteiger partial charge in [0.25, 0.3) is 11.5 Å². The van der Waals surface area contributed by atoms with Crippen LogP contribution in [-0.2, 0) is 11.8 Å². The zero-order valence-electron chi connectivity index (χ0n) is 16.3. The molecule has 0 radical (unpaired) electrons. The number of aromatic nitrogens is 2. The van der Waals surface area contributed by atoms with Crippen LogP contribution in [0.4, 0.5) is 0 Å². The highest BCUT2D eigenvalue weighted by Gasteiger charge is 2.17. The SMILES string of the molecule is COCCNC(=O)c1cccc(C=CC(=O)c2c(OC)cc(C)n(C)c2=O)n1. The number of hydrogen-bond donors (Lipinski definition) is 1. The predicted molar refractivity (Wildman–Crippen MR) is 105 cm³/mol. The van der Waals surface area contributed by atoms with Crippen LogP contribution in [0.3, 0.4) is 0 Å². The molecule has 2 aromatic heterocycles. The molecule has 0 aliphatic carbocycles. The van der Waals surface area contributed by atoms with Gasteiger partial charge in [-0.15, -0.1) is 0 Å². The van der Waals surface area contributed by atoms with E-state index in [0.29, 0.717) is 24.5 Å². The Morgan fingerprint density at radius 2 is 2.04 bits per heavy atom. The third-order valence-corrected chi connectivity index (χ3v) is 4.10. The first kappa shape index (κ1) is 21.0. The molecule has 0 saturated heterocycles. The van der Waals surface area contributed by atoms with E-state index in [-0.39, 0.29) is 22.9 Å². The van der Waals surface area contributed by atoms with E-state index in [1.54, 1.807) is 45.3 Å². The van der Waals surface area contributed by atoms with Crippen LogP contribution in [0.25, 0.3) is 6.08 Å². The first-order valence-electron chi connectivity index (χ1n) is 8.60. The number of carbonyl (C=O) groups is 2. The van der Waals surface area contributed by atoms with Crippen LogP contribution in [0.15, 0.2) is 35.1 Å². The number of allylic oxidation sites excluding steroid dienone is 1. The average molecular weight is 385 g/mol. The largest absolute Gasteiger partial charge is 0.496 e. The number of carbonyl (C=O) groups excluding carboxylic acids is 2. The Balaban J connectivity index is 2.24. The second-order valence-electron chi connectivity index (χ2n) is 5.99. The molecule has 0 spiro atoms. The Labute approximate surface area is 162 Å². The number of rotatable bonds is 8. The molecule has 0 aliphatic heterocycles. The third-order valence-electron chi connectivity index (χ3n) is 4.10. The van der Waals surface area contributed by atoms with Crippen LogP contribution in [0.1, 0.15) is 32.2 Å². The zero-order chi connectivity index (χ0) is 20.7. The van der Waals surface area contributed by atoms with Crippen molar-refractivity contribution in [2.45, 2.75) is 6.92 Å². The van der Waals surface area contributed by atoms with Gasteiger partial charge >= 0.3 is 0 Å². The normalized spacial score (nSPS) is 10.9. The summed E-state index contributed by atoms with van der Waals surface area (Å²) in [6.45, 7) is 2.51. The first-order chi connectivity index (χ1) is 13.4. The van der Waals surface area contributed by atoms with Gasteiger partial charge in [0.1, 0.15) is 17.0 Å². The quantitative estimate of drug-likeness (QED) is 0.419. The molecular weight excluding hydrogens is 362 g/mol. The molecule has 0 atom stereocenters. The van der Waals surface area contributed by atoms with Crippen molar-refractivity contribution < 1.29 is 19.1 Å². The highest BCUT2D eigenvalue weighted by atomic mass is 16.5. The number of pyridine rings is 2. The first-order valence-corrected chi connectivity index (χ1v) is 8.60. The van der Waals surface area contributed by atoms with Crippen molar-refractivity contribution in [2.75, 3.05) is 27.4 Å². The summed E-state index contributed by atoms with van der Waals surface area (Å²) in [7, 11) is 4.54. The molecule has 0 bridgehead atoms. The molecule has 0 aliphatic rings. The average Bonchev–Trinajstić information content (AvgIpc) is 2.70. The fourth-order valence-electron chi connectivity index (χ4n) is 2.45. The highest BCUT2D eigenvalue weighted by molar-refractivity contribution is 6.08. The monoisotopic (exact) mass is 385 g/mol. The number of nitrogens with one attached hydrogen (secondary N) is 1. The molecule has 2 rings (SSSR count). The number of aryl methyl sites for hydroxylation is 1. The van der Waals surface area contributed by atoms with Gasteiger partial charge < -0.3 is 19.4 Å². The predicted octanol–water partition coefficient (Wildman–Crippen LogP) is 1.37. The molecule has 28 heavy (non-hydrogen) atoms. The Morgan fingerprint density at radius 1 is 1.29 bits per heavy atom. The third kappa shape index (κ3) is 4.92. The van der Waals surface area contributed by atoms with E-state index in [2.05, 4.69) is 10.3 Å². The highest BCUT2D eigenvalue weighted by Crippen LogP contribution is 2.17. The van der Waals surface area contributed by atoms with E-state index >= 15 is 0 Å². The lowest BCUT2D eigenvalue weighted by molar-refractivity contribution is 0.0931. The number of nitrogens with zero attached hydrogens (tertiary/aromatic N) is 2. The van der Waals surface area contributed by atoms with Crippen molar-refractivity contribution in [1.82, 2.24) is 14.9 Å². The van der Waals surface area contributed by atoms with Gasteiger partial charge in [-0.2, -0.15) is 0 Å². The fourth-order valence-corrected chi connectivity index (χ4v) is 2.45. The molecule has 8 heteroatoms. The second-order valence-corrected chi connectivity index (χ2v) is 5.99.